The normalized spacial score (nSPS) is 22.7. The molecule has 0 spiro atoms. The molecule has 1 unspecified atom stereocenters. The summed E-state index contributed by atoms with van der Waals surface area (Å²) in [5, 5.41) is 6.37. The molecule has 0 radical (unpaired) electrons. The van der Waals surface area contributed by atoms with Crippen LogP contribution in [0.3, 0.4) is 0 Å². The summed E-state index contributed by atoms with van der Waals surface area (Å²) in [4.78, 5) is 14.7. The highest BCUT2D eigenvalue weighted by Crippen LogP contribution is 2.14. The van der Waals surface area contributed by atoms with Gasteiger partial charge in [0.1, 0.15) is 0 Å². The number of hydrogen-bond acceptors (Lipinski definition) is 3. The number of rotatable bonds is 5. The Bertz CT molecular complexity index is 488. The highest BCUT2D eigenvalue weighted by molar-refractivity contribution is 5.78. The van der Waals surface area contributed by atoms with Gasteiger partial charge >= 0.3 is 0 Å². The van der Waals surface area contributed by atoms with Crippen molar-refractivity contribution in [3.8, 4) is 0 Å². The van der Waals surface area contributed by atoms with E-state index >= 15 is 0 Å². The lowest BCUT2D eigenvalue weighted by molar-refractivity contribution is -0.125. The first-order valence-electron chi connectivity index (χ1n) is 9.10. The van der Waals surface area contributed by atoms with Crippen molar-refractivity contribution in [2.75, 3.05) is 26.2 Å². The zero-order chi connectivity index (χ0) is 15.9. The summed E-state index contributed by atoms with van der Waals surface area (Å²) >= 11 is 0. The monoisotopic (exact) mass is 315 g/mol. The Labute approximate surface area is 139 Å². The minimum Gasteiger partial charge on any atom is -0.352 e. The maximum Gasteiger partial charge on any atom is 0.224 e. The molecule has 0 saturated carbocycles. The van der Waals surface area contributed by atoms with Crippen LogP contribution in [0.15, 0.2) is 24.3 Å². The average Bonchev–Trinajstić information content (AvgIpc) is 2.62. The second kappa shape index (κ2) is 8.46. The fourth-order valence-electron chi connectivity index (χ4n) is 3.55. The molecule has 2 saturated heterocycles. The average molecular weight is 315 g/mol. The molecule has 2 aliphatic heterocycles. The summed E-state index contributed by atoms with van der Waals surface area (Å²) in [6.45, 7) is 6.02. The van der Waals surface area contributed by atoms with Crippen LogP contribution in [0.25, 0.3) is 0 Å². The van der Waals surface area contributed by atoms with Crippen molar-refractivity contribution in [2.24, 2.45) is 5.92 Å². The predicted molar refractivity (Wildman–Crippen MR) is 93.0 cm³/mol. The molecule has 1 atom stereocenters. The molecule has 0 aromatic heterocycles. The molecular weight excluding hydrogens is 286 g/mol. The number of benzene rings is 1. The van der Waals surface area contributed by atoms with E-state index in [4.69, 9.17) is 0 Å². The Morgan fingerprint density at radius 2 is 1.83 bits per heavy atom. The van der Waals surface area contributed by atoms with E-state index in [1.165, 1.54) is 43.5 Å². The highest BCUT2D eigenvalue weighted by Gasteiger charge is 2.20. The molecule has 4 nitrogen and oxygen atoms in total. The third-order valence-corrected chi connectivity index (χ3v) is 5.01. The molecule has 0 aliphatic carbocycles. The van der Waals surface area contributed by atoms with Gasteiger partial charge in [0, 0.05) is 19.6 Å². The number of carbonyl (C=O) groups is 1. The van der Waals surface area contributed by atoms with Crippen molar-refractivity contribution in [1.82, 2.24) is 15.5 Å². The van der Waals surface area contributed by atoms with Crippen LogP contribution in [0, 0.1) is 5.92 Å². The van der Waals surface area contributed by atoms with Crippen molar-refractivity contribution >= 4 is 5.91 Å². The molecule has 2 N–H and O–H groups in total. The third-order valence-electron chi connectivity index (χ3n) is 5.01. The van der Waals surface area contributed by atoms with Gasteiger partial charge in [0.15, 0.2) is 0 Å². The summed E-state index contributed by atoms with van der Waals surface area (Å²) in [5.74, 6) is 0.330. The summed E-state index contributed by atoms with van der Waals surface area (Å²) in [6.07, 6.45) is 6.16. The summed E-state index contributed by atoms with van der Waals surface area (Å²) < 4.78 is 0. The minimum absolute atomic E-state index is 0.141. The topological polar surface area (TPSA) is 44.4 Å². The van der Waals surface area contributed by atoms with Crippen LogP contribution in [-0.2, 0) is 17.9 Å². The van der Waals surface area contributed by atoms with Gasteiger partial charge in [-0.3, -0.25) is 9.69 Å². The zero-order valence-electron chi connectivity index (χ0n) is 14.0. The van der Waals surface area contributed by atoms with E-state index in [0.29, 0.717) is 6.54 Å². The van der Waals surface area contributed by atoms with Crippen LogP contribution in [0.2, 0.25) is 0 Å². The van der Waals surface area contributed by atoms with Crippen molar-refractivity contribution < 1.29 is 4.79 Å². The van der Waals surface area contributed by atoms with Crippen LogP contribution in [-0.4, -0.2) is 37.0 Å². The molecule has 2 fully saturated rings. The predicted octanol–water partition coefficient (Wildman–Crippen LogP) is 2.29. The van der Waals surface area contributed by atoms with Gasteiger partial charge < -0.3 is 10.6 Å². The van der Waals surface area contributed by atoms with Crippen molar-refractivity contribution in [3.63, 3.8) is 0 Å². The molecule has 3 rings (SSSR count). The van der Waals surface area contributed by atoms with Crippen LogP contribution < -0.4 is 10.6 Å². The second-order valence-corrected chi connectivity index (χ2v) is 6.91. The molecule has 1 aromatic carbocycles. The molecular formula is C19H29N3O. The van der Waals surface area contributed by atoms with E-state index in [9.17, 15) is 4.79 Å². The lowest BCUT2D eigenvalue weighted by Gasteiger charge is -2.26. The fraction of sp³-hybridized carbons (Fsp3) is 0.632. The Balaban J connectivity index is 1.44. The van der Waals surface area contributed by atoms with Crippen LogP contribution in [0.1, 0.15) is 43.2 Å². The molecule has 0 bridgehead atoms. The van der Waals surface area contributed by atoms with E-state index in [1.807, 2.05) is 0 Å². The van der Waals surface area contributed by atoms with Crippen LogP contribution in [0.5, 0.6) is 0 Å². The van der Waals surface area contributed by atoms with E-state index in [-0.39, 0.29) is 11.8 Å². The molecule has 2 aliphatic rings. The first kappa shape index (κ1) is 16.5. The highest BCUT2D eigenvalue weighted by atomic mass is 16.1. The van der Waals surface area contributed by atoms with E-state index < -0.39 is 0 Å². The second-order valence-electron chi connectivity index (χ2n) is 6.91. The molecule has 23 heavy (non-hydrogen) atoms. The summed E-state index contributed by atoms with van der Waals surface area (Å²) in [7, 11) is 0. The lowest BCUT2D eigenvalue weighted by Crippen LogP contribution is -2.40. The summed E-state index contributed by atoms with van der Waals surface area (Å²) in [6, 6.07) is 8.72. The van der Waals surface area contributed by atoms with Gasteiger partial charge in [0.05, 0.1) is 5.92 Å². The van der Waals surface area contributed by atoms with Gasteiger partial charge in [-0.25, -0.2) is 0 Å². The van der Waals surface area contributed by atoms with Gasteiger partial charge in [-0.15, -0.1) is 0 Å². The van der Waals surface area contributed by atoms with Crippen molar-refractivity contribution in [2.45, 2.75) is 45.2 Å². The van der Waals surface area contributed by atoms with Gasteiger partial charge in [0.25, 0.3) is 0 Å². The molecule has 1 amide bonds. The molecule has 4 heteroatoms. The first-order valence-corrected chi connectivity index (χ1v) is 9.10. The Hall–Kier alpha value is -1.39. The number of nitrogens with zero attached hydrogens (tertiary/aromatic N) is 1. The maximum absolute atomic E-state index is 12.1. The first-order chi connectivity index (χ1) is 11.3. The fourth-order valence-corrected chi connectivity index (χ4v) is 3.55. The quantitative estimate of drug-likeness (QED) is 0.876. The molecule has 126 valence electrons. The Morgan fingerprint density at radius 1 is 1.09 bits per heavy atom. The SMILES string of the molecule is O=C(NCc1ccc(CN2CCCCC2)cc1)C1CCCNC1. The Morgan fingerprint density at radius 3 is 2.52 bits per heavy atom. The number of hydrogen-bond donors (Lipinski definition) is 2. The standard InChI is InChI=1S/C19H29N3O/c23-19(18-5-4-10-20-14-18)21-13-16-6-8-17(9-7-16)15-22-11-2-1-3-12-22/h6-9,18,20H,1-5,10-15H2,(H,21,23). The minimum atomic E-state index is 0.141. The number of piperidine rings is 2. The van der Waals surface area contributed by atoms with Crippen LogP contribution >= 0.6 is 0 Å². The molecule has 2 heterocycles. The summed E-state index contributed by atoms with van der Waals surface area (Å²) in [5.41, 5.74) is 2.56. The third kappa shape index (κ3) is 5.05. The van der Waals surface area contributed by atoms with Crippen molar-refractivity contribution in [3.05, 3.63) is 35.4 Å². The smallest absolute Gasteiger partial charge is 0.224 e. The largest absolute Gasteiger partial charge is 0.352 e. The number of nitrogens with one attached hydrogen (secondary N) is 2. The zero-order valence-corrected chi connectivity index (χ0v) is 14.0. The van der Waals surface area contributed by atoms with Gasteiger partial charge in [0.2, 0.25) is 5.91 Å². The van der Waals surface area contributed by atoms with Gasteiger partial charge in [-0.2, -0.15) is 0 Å². The van der Waals surface area contributed by atoms with E-state index in [2.05, 4.69) is 39.8 Å². The number of carbonyl (C=O) groups excluding carboxylic acids is 1. The number of likely N-dealkylation sites (tertiary alicyclic amines) is 1. The van der Waals surface area contributed by atoms with Crippen molar-refractivity contribution in [1.29, 1.82) is 0 Å². The lowest BCUT2D eigenvalue weighted by atomic mass is 9.99. The molecule has 1 aromatic rings. The number of amides is 1. The van der Waals surface area contributed by atoms with E-state index in [0.717, 1.165) is 32.5 Å². The van der Waals surface area contributed by atoms with Gasteiger partial charge in [-0.05, 0) is 56.4 Å². The van der Waals surface area contributed by atoms with Crippen LogP contribution in [0.4, 0.5) is 0 Å². The maximum atomic E-state index is 12.1. The Kier molecular flexibility index (Phi) is 6.06. The van der Waals surface area contributed by atoms with Gasteiger partial charge in [-0.1, -0.05) is 30.7 Å². The van der Waals surface area contributed by atoms with E-state index in [1.54, 1.807) is 0 Å².